The van der Waals surface area contributed by atoms with Crippen LogP contribution >= 0.6 is 11.6 Å². The van der Waals surface area contributed by atoms with Crippen LogP contribution in [0.2, 0.25) is 5.02 Å². The quantitative estimate of drug-likeness (QED) is 0.837. The second kappa shape index (κ2) is 8.12. The monoisotopic (exact) mass is 377 g/mol. The number of sulfonamides is 1. The molecule has 0 saturated heterocycles. The first-order valence-electron chi connectivity index (χ1n) is 7.29. The molecule has 0 aromatic heterocycles. The minimum Gasteiger partial charge on any atom is -0.324 e. The van der Waals surface area contributed by atoms with E-state index in [-0.39, 0.29) is 13.1 Å². The normalized spacial score (nSPS) is 11.1. The lowest BCUT2D eigenvalue weighted by Gasteiger charge is -2.20. The molecule has 25 heavy (non-hydrogen) atoms. The van der Waals surface area contributed by atoms with Crippen LogP contribution in [-0.2, 0) is 21.4 Å². The van der Waals surface area contributed by atoms with Gasteiger partial charge in [0.2, 0.25) is 15.9 Å². The summed E-state index contributed by atoms with van der Waals surface area (Å²) >= 11 is 6.07. The maximum Gasteiger partial charge on any atom is 0.239 e. The lowest BCUT2D eigenvalue weighted by atomic mass is 10.2. The molecule has 0 aliphatic carbocycles. The summed E-state index contributed by atoms with van der Waals surface area (Å²) in [7, 11) is -3.63. The van der Waals surface area contributed by atoms with Crippen LogP contribution < -0.4 is 5.32 Å². The van der Waals surface area contributed by atoms with Gasteiger partial charge in [-0.3, -0.25) is 4.79 Å². The molecule has 2 rings (SSSR count). The summed E-state index contributed by atoms with van der Waals surface area (Å²) in [5, 5.41) is 12.0. The fraction of sp³-hybridized carbons (Fsp3) is 0.176. The smallest absolute Gasteiger partial charge is 0.239 e. The Balaban J connectivity index is 2.16. The molecule has 6 nitrogen and oxygen atoms in total. The first-order valence-corrected chi connectivity index (χ1v) is 9.51. The van der Waals surface area contributed by atoms with Gasteiger partial charge in [0, 0.05) is 11.6 Å². The van der Waals surface area contributed by atoms with Crippen LogP contribution in [0.1, 0.15) is 11.1 Å². The highest BCUT2D eigenvalue weighted by molar-refractivity contribution is 7.88. The second-order valence-corrected chi connectivity index (χ2v) is 7.72. The highest BCUT2D eigenvalue weighted by Crippen LogP contribution is 2.19. The Bertz CT molecular complexity index is 923. The number of carbonyl (C=O) groups excluding carboxylic acids is 1. The van der Waals surface area contributed by atoms with E-state index < -0.39 is 15.9 Å². The molecule has 0 heterocycles. The zero-order valence-electron chi connectivity index (χ0n) is 13.4. The number of carbonyl (C=O) groups is 1. The number of benzene rings is 2. The molecule has 0 spiro atoms. The van der Waals surface area contributed by atoms with Crippen molar-refractivity contribution in [3.05, 3.63) is 64.7 Å². The maximum absolute atomic E-state index is 12.3. The molecule has 8 heteroatoms. The van der Waals surface area contributed by atoms with Crippen molar-refractivity contribution in [1.82, 2.24) is 4.31 Å². The third kappa shape index (κ3) is 5.29. The van der Waals surface area contributed by atoms with Crippen molar-refractivity contribution in [3.63, 3.8) is 0 Å². The van der Waals surface area contributed by atoms with E-state index in [1.165, 1.54) is 0 Å². The van der Waals surface area contributed by atoms with Crippen LogP contribution in [0.3, 0.4) is 0 Å². The lowest BCUT2D eigenvalue weighted by molar-refractivity contribution is -0.116. The Kier molecular flexibility index (Phi) is 6.15. The number of anilines is 1. The fourth-order valence-electron chi connectivity index (χ4n) is 2.15. The highest BCUT2D eigenvalue weighted by atomic mass is 35.5. The number of nitriles is 1. The van der Waals surface area contributed by atoms with E-state index in [2.05, 4.69) is 5.32 Å². The van der Waals surface area contributed by atoms with E-state index in [0.717, 1.165) is 10.6 Å². The second-order valence-electron chi connectivity index (χ2n) is 5.33. The first kappa shape index (κ1) is 18.9. The summed E-state index contributed by atoms with van der Waals surface area (Å²) < 4.78 is 25.0. The van der Waals surface area contributed by atoms with Gasteiger partial charge in [-0.1, -0.05) is 41.9 Å². The number of hydrogen-bond donors (Lipinski definition) is 1. The highest BCUT2D eigenvalue weighted by Gasteiger charge is 2.22. The molecular formula is C17H16ClN3O3S. The van der Waals surface area contributed by atoms with E-state index in [0.29, 0.717) is 21.8 Å². The third-order valence-corrected chi connectivity index (χ3v) is 4.98. The molecule has 0 unspecified atom stereocenters. The van der Waals surface area contributed by atoms with Gasteiger partial charge in [-0.05, 0) is 23.8 Å². The number of nitrogens with zero attached hydrogens (tertiary/aromatic N) is 2. The summed E-state index contributed by atoms with van der Waals surface area (Å²) in [6.07, 6.45) is 1.03. The van der Waals surface area contributed by atoms with E-state index in [4.69, 9.17) is 16.9 Å². The van der Waals surface area contributed by atoms with Crippen LogP contribution in [0.15, 0.2) is 48.5 Å². The Hall–Kier alpha value is -2.40. The molecule has 0 saturated carbocycles. The molecule has 1 N–H and O–H groups in total. The Labute approximate surface area is 151 Å². The summed E-state index contributed by atoms with van der Waals surface area (Å²) in [6.45, 7) is -0.407. The van der Waals surface area contributed by atoms with Gasteiger partial charge in [0.15, 0.2) is 0 Å². The van der Waals surface area contributed by atoms with Crippen LogP contribution in [0.25, 0.3) is 0 Å². The number of rotatable bonds is 6. The van der Waals surface area contributed by atoms with Crippen molar-refractivity contribution in [2.24, 2.45) is 0 Å². The third-order valence-electron chi connectivity index (χ3n) is 3.42. The standard InChI is InChI=1S/C17H16ClN3O3S/c1-25(23,24)21(11-14-7-2-4-8-15(14)18)12-17(22)20-16-9-5-3-6-13(16)10-19/h2-9H,11-12H2,1H3,(H,20,22). The summed E-state index contributed by atoms with van der Waals surface area (Å²) in [5.41, 5.74) is 1.23. The van der Waals surface area contributed by atoms with Crippen molar-refractivity contribution >= 4 is 33.2 Å². The number of para-hydroxylation sites is 1. The first-order chi connectivity index (χ1) is 11.8. The van der Waals surface area contributed by atoms with Crippen molar-refractivity contribution in [1.29, 1.82) is 5.26 Å². The van der Waals surface area contributed by atoms with Gasteiger partial charge < -0.3 is 5.32 Å². The topological polar surface area (TPSA) is 90.3 Å². The average Bonchev–Trinajstić information content (AvgIpc) is 2.55. The molecule has 0 aliphatic rings. The lowest BCUT2D eigenvalue weighted by Crippen LogP contribution is -2.37. The molecule has 0 bridgehead atoms. The van der Waals surface area contributed by atoms with Gasteiger partial charge in [-0.15, -0.1) is 0 Å². The Morgan fingerprint density at radius 3 is 2.48 bits per heavy atom. The minimum absolute atomic E-state index is 0.0220. The van der Waals surface area contributed by atoms with Gasteiger partial charge in [-0.25, -0.2) is 8.42 Å². The predicted octanol–water partition coefficient (Wildman–Crippen LogP) is 2.61. The van der Waals surface area contributed by atoms with Crippen molar-refractivity contribution < 1.29 is 13.2 Å². The number of amides is 1. The molecular weight excluding hydrogens is 362 g/mol. The number of hydrogen-bond acceptors (Lipinski definition) is 4. The maximum atomic E-state index is 12.3. The largest absolute Gasteiger partial charge is 0.324 e. The number of halogens is 1. The van der Waals surface area contributed by atoms with E-state index >= 15 is 0 Å². The van der Waals surface area contributed by atoms with Gasteiger partial charge in [-0.2, -0.15) is 9.57 Å². The molecule has 0 fully saturated rings. The van der Waals surface area contributed by atoms with Crippen molar-refractivity contribution in [2.75, 3.05) is 18.1 Å². The van der Waals surface area contributed by atoms with Crippen LogP contribution in [0.4, 0.5) is 5.69 Å². The van der Waals surface area contributed by atoms with E-state index in [1.54, 1.807) is 48.5 Å². The van der Waals surface area contributed by atoms with Crippen molar-refractivity contribution in [2.45, 2.75) is 6.54 Å². The van der Waals surface area contributed by atoms with Crippen molar-refractivity contribution in [3.8, 4) is 6.07 Å². The minimum atomic E-state index is -3.63. The number of nitrogens with one attached hydrogen (secondary N) is 1. The van der Waals surface area contributed by atoms with Gasteiger partial charge in [0.1, 0.15) is 6.07 Å². The molecule has 0 radical (unpaired) electrons. The van der Waals surface area contributed by atoms with E-state index in [1.807, 2.05) is 6.07 Å². The molecule has 2 aromatic carbocycles. The summed E-state index contributed by atoms with van der Waals surface area (Å²) in [5.74, 6) is -0.542. The van der Waals surface area contributed by atoms with Gasteiger partial charge in [0.25, 0.3) is 0 Å². The van der Waals surface area contributed by atoms with Crippen LogP contribution in [-0.4, -0.2) is 31.4 Å². The van der Waals surface area contributed by atoms with Crippen LogP contribution in [0.5, 0.6) is 0 Å². The zero-order chi connectivity index (χ0) is 18.4. The summed E-state index contributed by atoms with van der Waals surface area (Å²) in [4.78, 5) is 12.3. The molecule has 130 valence electrons. The Morgan fingerprint density at radius 1 is 1.20 bits per heavy atom. The summed E-state index contributed by atoms with van der Waals surface area (Å²) in [6, 6.07) is 15.3. The van der Waals surface area contributed by atoms with E-state index in [9.17, 15) is 13.2 Å². The molecule has 0 aliphatic heterocycles. The molecule has 1 amide bonds. The SMILES string of the molecule is CS(=O)(=O)N(CC(=O)Nc1ccccc1C#N)Cc1ccccc1Cl. The Morgan fingerprint density at radius 2 is 1.84 bits per heavy atom. The van der Waals surface area contributed by atoms with Gasteiger partial charge in [0.05, 0.1) is 24.1 Å². The zero-order valence-corrected chi connectivity index (χ0v) is 15.0. The average molecular weight is 378 g/mol. The predicted molar refractivity (Wildman–Crippen MR) is 96.5 cm³/mol. The van der Waals surface area contributed by atoms with Crippen LogP contribution in [0, 0.1) is 11.3 Å². The molecule has 2 aromatic rings. The fourth-order valence-corrected chi connectivity index (χ4v) is 3.07. The van der Waals surface area contributed by atoms with Gasteiger partial charge >= 0.3 is 0 Å². The molecule has 0 atom stereocenters.